The van der Waals surface area contributed by atoms with Gasteiger partial charge in [-0.25, -0.2) is 0 Å². The van der Waals surface area contributed by atoms with E-state index in [2.05, 4.69) is 0 Å². The van der Waals surface area contributed by atoms with Crippen LogP contribution in [0.4, 0.5) is 0 Å². The van der Waals surface area contributed by atoms with Crippen LogP contribution in [0.3, 0.4) is 0 Å². The van der Waals surface area contributed by atoms with E-state index in [1.165, 1.54) is 41.6 Å². The standard InChI is InChI=1S/C26H34O11/c1-18-22(34-14-29-3)12-24(36-16-31-5)25(26(18)37-17-32-6)20(27)9-7-19-8-10-21(33-13-28-2)23(11-19)35-15-30-4/h7-12H,13-17H2,1-6H3/b9-7+. The van der Waals surface area contributed by atoms with E-state index < -0.39 is 0 Å². The van der Waals surface area contributed by atoms with Crippen molar-refractivity contribution in [1.82, 2.24) is 0 Å². The Bertz CT molecular complexity index is 1020. The lowest BCUT2D eigenvalue weighted by Gasteiger charge is -2.19. The van der Waals surface area contributed by atoms with E-state index in [1.807, 2.05) is 0 Å². The summed E-state index contributed by atoms with van der Waals surface area (Å²) in [5, 5.41) is 0. The fraction of sp³-hybridized carbons (Fsp3) is 0.423. The summed E-state index contributed by atoms with van der Waals surface area (Å²) < 4.78 is 53.3. The lowest BCUT2D eigenvalue weighted by atomic mass is 10.0. The summed E-state index contributed by atoms with van der Waals surface area (Å²) in [6.07, 6.45) is 3.03. The number of benzene rings is 2. The van der Waals surface area contributed by atoms with Gasteiger partial charge in [-0.15, -0.1) is 0 Å². The van der Waals surface area contributed by atoms with Crippen molar-refractivity contribution in [2.45, 2.75) is 6.92 Å². The van der Waals surface area contributed by atoms with Gasteiger partial charge in [0.05, 0.1) is 0 Å². The van der Waals surface area contributed by atoms with Gasteiger partial charge in [0.25, 0.3) is 0 Å². The van der Waals surface area contributed by atoms with Gasteiger partial charge in [-0.2, -0.15) is 0 Å². The zero-order chi connectivity index (χ0) is 27.0. The van der Waals surface area contributed by atoms with Crippen molar-refractivity contribution in [2.75, 3.05) is 69.5 Å². The summed E-state index contributed by atoms with van der Waals surface area (Å²) in [4.78, 5) is 13.4. The maximum atomic E-state index is 13.4. The fourth-order valence-electron chi connectivity index (χ4n) is 3.11. The van der Waals surface area contributed by atoms with E-state index in [4.69, 9.17) is 47.4 Å². The number of allylic oxidation sites excluding steroid dienone is 1. The van der Waals surface area contributed by atoms with Gasteiger partial charge in [0.15, 0.2) is 51.2 Å². The first kappa shape index (κ1) is 29.9. The summed E-state index contributed by atoms with van der Waals surface area (Å²) in [5.74, 6) is 1.41. The molecule has 204 valence electrons. The first-order valence-corrected chi connectivity index (χ1v) is 11.1. The molecule has 0 saturated carbocycles. The SMILES string of the molecule is COCOc1ccc(/C=C/C(=O)c2c(OCOC)cc(OCOC)c(C)c2OCOC)cc1OCOC. The Morgan fingerprint density at radius 2 is 1.16 bits per heavy atom. The minimum absolute atomic E-state index is 0.000955. The molecule has 0 bridgehead atoms. The quantitative estimate of drug-likeness (QED) is 0.162. The molecule has 11 heteroatoms. The highest BCUT2D eigenvalue weighted by Gasteiger charge is 2.24. The third kappa shape index (κ3) is 8.92. The number of hydrogen-bond acceptors (Lipinski definition) is 11. The second-order valence-corrected chi connectivity index (χ2v) is 7.36. The smallest absolute Gasteiger partial charge is 0.193 e. The van der Waals surface area contributed by atoms with Crippen molar-refractivity contribution in [1.29, 1.82) is 0 Å². The van der Waals surface area contributed by atoms with Crippen LogP contribution in [0.15, 0.2) is 30.3 Å². The van der Waals surface area contributed by atoms with Crippen LogP contribution >= 0.6 is 0 Å². The third-order valence-corrected chi connectivity index (χ3v) is 4.74. The average molecular weight is 523 g/mol. The Balaban J connectivity index is 2.47. The molecule has 2 rings (SSSR count). The second-order valence-electron chi connectivity index (χ2n) is 7.36. The summed E-state index contributed by atoms with van der Waals surface area (Å²) in [5.41, 5.74) is 1.44. The van der Waals surface area contributed by atoms with Crippen LogP contribution in [0.5, 0.6) is 28.7 Å². The molecule has 0 radical (unpaired) electrons. The Hall–Kier alpha value is -3.35. The number of ether oxygens (including phenoxy) is 10. The lowest BCUT2D eigenvalue weighted by Crippen LogP contribution is -2.12. The molecule has 0 aliphatic heterocycles. The predicted molar refractivity (Wildman–Crippen MR) is 134 cm³/mol. The van der Waals surface area contributed by atoms with Crippen LogP contribution in [-0.2, 0) is 23.7 Å². The highest BCUT2D eigenvalue weighted by Crippen LogP contribution is 2.40. The molecule has 11 nitrogen and oxygen atoms in total. The molecule has 0 aliphatic rings. The monoisotopic (exact) mass is 522 g/mol. The highest BCUT2D eigenvalue weighted by atomic mass is 16.7. The van der Waals surface area contributed by atoms with Gasteiger partial charge in [-0.3, -0.25) is 4.79 Å². The van der Waals surface area contributed by atoms with E-state index >= 15 is 0 Å². The Morgan fingerprint density at radius 1 is 0.649 bits per heavy atom. The molecule has 2 aromatic carbocycles. The van der Waals surface area contributed by atoms with E-state index in [0.29, 0.717) is 28.4 Å². The van der Waals surface area contributed by atoms with Crippen LogP contribution < -0.4 is 23.7 Å². The van der Waals surface area contributed by atoms with Crippen molar-refractivity contribution >= 4 is 11.9 Å². The number of rotatable bonds is 18. The van der Waals surface area contributed by atoms with Gasteiger partial charge >= 0.3 is 0 Å². The van der Waals surface area contributed by atoms with Crippen LogP contribution in [0.2, 0.25) is 0 Å². The van der Waals surface area contributed by atoms with Gasteiger partial charge in [0, 0.05) is 47.2 Å². The summed E-state index contributed by atoms with van der Waals surface area (Å²) in [7, 11) is 7.49. The van der Waals surface area contributed by atoms with Crippen molar-refractivity contribution in [3.05, 3.63) is 47.0 Å². The van der Waals surface area contributed by atoms with Crippen molar-refractivity contribution in [3.63, 3.8) is 0 Å². The topological polar surface area (TPSA) is 109 Å². The minimum atomic E-state index is -0.377. The Labute approximate surface area is 216 Å². The normalized spacial score (nSPS) is 11.0. The highest BCUT2D eigenvalue weighted by molar-refractivity contribution is 6.11. The van der Waals surface area contributed by atoms with Gasteiger partial charge in [-0.05, 0) is 30.7 Å². The van der Waals surface area contributed by atoms with Gasteiger partial charge < -0.3 is 47.4 Å². The first-order chi connectivity index (χ1) is 18.0. The maximum absolute atomic E-state index is 13.4. The molecule has 0 fully saturated rings. The third-order valence-electron chi connectivity index (χ3n) is 4.74. The average Bonchev–Trinajstić information content (AvgIpc) is 2.91. The van der Waals surface area contributed by atoms with Crippen molar-refractivity contribution in [3.8, 4) is 28.7 Å². The number of carbonyl (C=O) groups excluding carboxylic acids is 1. The van der Waals surface area contributed by atoms with Crippen LogP contribution in [0.25, 0.3) is 6.08 Å². The van der Waals surface area contributed by atoms with Gasteiger partial charge in [-0.1, -0.05) is 12.1 Å². The van der Waals surface area contributed by atoms with Crippen molar-refractivity contribution < 1.29 is 52.2 Å². The zero-order valence-corrected chi connectivity index (χ0v) is 22.0. The first-order valence-electron chi connectivity index (χ1n) is 11.1. The molecule has 0 aromatic heterocycles. The zero-order valence-electron chi connectivity index (χ0n) is 22.0. The Kier molecular flexibility index (Phi) is 13.2. The molecular formula is C26H34O11. The van der Waals surface area contributed by atoms with E-state index in [-0.39, 0.29) is 56.8 Å². The lowest BCUT2D eigenvalue weighted by molar-refractivity contribution is 0.0322. The van der Waals surface area contributed by atoms with Crippen LogP contribution in [-0.4, -0.2) is 75.3 Å². The van der Waals surface area contributed by atoms with Crippen LogP contribution in [0.1, 0.15) is 21.5 Å². The molecule has 0 N–H and O–H groups in total. The molecule has 0 unspecified atom stereocenters. The largest absolute Gasteiger partial charge is 0.467 e. The molecule has 0 amide bonds. The molecule has 0 spiro atoms. The molecule has 2 aromatic rings. The van der Waals surface area contributed by atoms with E-state index in [1.54, 1.807) is 37.3 Å². The summed E-state index contributed by atoms with van der Waals surface area (Å²) in [6.45, 7) is 1.64. The van der Waals surface area contributed by atoms with Crippen molar-refractivity contribution in [2.24, 2.45) is 0 Å². The van der Waals surface area contributed by atoms with Crippen LogP contribution in [0, 0.1) is 6.92 Å². The predicted octanol–water partition coefficient (Wildman–Crippen LogP) is 3.80. The molecular weight excluding hydrogens is 488 g/mol. The van der Waals surface area contributed by atoms with E-state index in [9.17, 15) is 4.79 Å². The molecule has 0 atom stereocenters. The molecule has 0 saturated heterocycles. The second kappa shape index (κ2) is 16.4. The summed E-state index contributed by atoms with van der Waals surface area (Å²) in [6, 6.07) is 6.78. The molecule has 37 heavy (non-hydrogen) atoms. The number of ketones is 1. The number of carbonyl (C=O) groups is 1. The van der Waals surface area contributed by atoms with E-state index in [0.717, 1.165) is 0 Å². The molecule has 0 heterocycles. The fourth-order valence-corrected chi connectivity index (χ4v) is 3.11. The minimum Gasteiger partial charge on any atom is -0.467 e. The number of hydrogen-bond donors (Lipinski definition) is 0. The van der Waals surface area contributed by atoms with Gasteiger partial charge in [0.2, 0.25) is 0 Å². The molecule has 0 aliphatic carbocycles. The summed E-state index contributed by atoms with van der Waals surface area (Å²) >= 11 is 0. The Morgan fingerprint density at radius 3 is 1.76 bits per heavy atom. The van der Waals surface area contributed by atoms with Gasteiger partial charge in [0.1, 0.15) is 22.8 Å². The maximum Gasteiger partial charge on any atom is 0.193 e. The number of methoxy groups -OCH3 is 5.